The van der Waals surface area contributed by atoms with Gasteiger partial charge in [0.2, 0.25) is 10.0 Å². The van der Waals surface area contributed by atoms with Crippen molar-refractivity contribution in [1.82, 2.24) is 14.5 Å². The molecule has 29 heavy (non-hydrogen) atoms. The molecule has 1 amide bonds. The fourth-order valence-electron chi connectivity index (χ4n) is 4.31. The normalized spacial score (nSPS) is 22.5. The van der Waals surface area contributed by atoms with Gasteiger partial charge in [-0.3, -0.25) is 4.79 Å². The van der Waals surface area contributed by atoms with E-state index in [9.17, 15) is 13.2 Å². The fraction of sp³-hybridized carbons (Fsp3) is 0.682. The first-order chi connectivity index (χ1) is 13.9. The van der Waals surface area contributed by atoms with Gasteiger partial charge in [-0.05, 0) is 63.8 Å². The SMILES string of the molecule is CCCCN1CCC(NC(=O)c2cccc(S(=O)(=O)N3CCCCC3C)c2)CC1. The number of carbonyl (C=O) groups excluding carboxylic acids is 1. The second kappa shape index (κ2) is 10.0. The Morgan fingerprint density at radius 1 is 1.14 bits per heavy atom. The van der Waals surface area contributed by atoms with E-state index in [0.717, 1.165) is 51.7 Å². The molecule has 1 N–H and O–H groups in total. The highest BCUT2D eigenvalue weighted by Gasteiger charge is 2.31. The summed E-state index contributed by atoms with van der Waals surface area (Å²) < 4.78 is 27.7. The maximum Gasteiger partial charge on any atom is 0.251 e. The zero-order chi connectivity index (χ0) is 20.9. The van der Waals surface area contributed by atoms with Crippen LogP contribution in [0.5, 0.6) is 0 Å². The van der Waals surface area contributed by atoms with Gasteiger partial charge in [-0.25, -0.2) is 8.42 Å². The third-order valence-corrected chi connectivity index (χ3v) is 8.21. The van der Waals surface area contributed by atoms with Crippen molar-refractivity contribution >= 4 is 15.9 Å². The number of piperidine rings is 2. The largest absolute Gasteiger partial charge is 0.349 e. The summed E-state index contributed by atoms with van der Waals surface area (Å²) in [5.41, 5.74) is 0.421. The van der Waals surface area contributed by atoms with E-state index in [1.165, 1.54) is 18.9 Å². The second-order valence-corrected chi connectivity index (χ2v) is 10.3. The van der Waals surface area contributed by atoms with Gasteiger partial charge in [0.25, 0.3) is 5.91 Å². The summed E-state index contributed by atoms with van der Waals surface area (Å²) >= 11 is 0. The van der Waals surface area contributed by atoms with E-state index < -0.39 is 10.0 Å². The predicted molar refractivity (Wildman–Crippen MR) is 115 cm³/mol. The van der Waals surface area contributed by atoms with Crippen molar-refractivity contribution in [2.45, 2.75) is 75.8 Å². The highest BCUT2D eigenvalue weighted by atomic mass is 32.2. The summed E-state index contributed by atoms with van der Waals surface area (Å²) in [6, 6.07) is 6.66. The van der Waals surface area contributed by atoms with Crippen molar-refractivity contribution in [2.24, 2.45) is 0 Å². The maximum atomic E-state index is 13.1. The molecule has 0 bridgehead atoms. The number of sulfonamides is 1. The molecule has 2 saturated heterocycles. The molecule has 2 fully saturated rings. The lowest BCUT2D eigenvalue weighted by atomic mass is 10.0. The van der Waals surface area contributed by atoms with Crippen LogP contribution in [-0.4, -0.2) is 61.8 Å². The molecule has 2 aliphatic heterocycles. The van der Waals surface area contributed by atoms with Crippen LogP contribution in [0.3, 0.4) is 0 Å². The number of hydrogen-bond donors (Lipinski definition) is 1. The van der Waals surface area contributed by atoms with E-state index in [4.69, 9.17) is 0 Å². The molecule has 7 heteroatoms. The lowest BCUT2D eigenvalue weighted by Gasteiger charge is -2.32. The quantitative estimate of drug-likeness (QED) is 0.734. The summed E-state index contributed by atoms with van der Waals surface area (Å²) in [5.74, 6) is -0.180. The number of amides is 1. The molecule has 1 atom stereocenters. The molecule has 162 valence electrons. The Morgan fingerprint density at radius 3 is 2.59 bits per heavy atom. The third-order valence-electron chi connectivity index (χ3n) is 6.20. The molecule has 6 nitrogen and oxygen atoms in total. The second-order valence-electron chi connectivity index (χ2n) is 8.43. The summed E-state index contributed by atoms with van der Waals surface area (Å²) in [7, 11) is -3.57. The van der Waals surface area contributed by atoms with E-state index >= 15 is 0 Å². The number of likely N-dealkylation sites (tertiary alicyclic amines) is 1. The minimum Gasteiger partial charge on any atom is -0.349 e. The van der Waals surface area contributed by atoms with Crippen molar-refractivity contribution in [1.29, 1.82) is 0 Å². The van der Waals surface area contributed by atoms with Gasteiger partial charge in [0.05, 0.1) is 4.90 Å². The summed E-state index contributed by atoms with van der Waals surface area (Å²) in [6.07, 6.45) is 7.14. The predicted octanol–water partition coefficient (Wildman–Crippen LogP) is 3.24. The summed E-state index contributed by atoms with van der Waals surface area (Å²) in [5, 5.41) is 3.10. The van der Waals surface area contributed by atoms with E-state index in [1.807, 2.05) is 6.92 Å². The smallest absolute Gasteiger partial charge is 0.251 e. The number of rotatable bonds is 7. The molecule has 0 aromatic heterocycles. The maximum absolute atomic E-state index is 13.1. The van der Waals surface area contributed by atoms with Gasteiger partial charge in [-0.2, -0.15) is 4.31 Å². The minimum atomic E-state index is -3.57. The van der Waals surface area contributed by atoms with Crippen molar-refractivity contribution in [3.8, 4) is 0 Å². The molecule has 1 aromatic rings. The molecule has 2 aliphatic rings. The van der Waals surface area contributed by atoms with Crippen LogP contribution in [0.1, 0.15) is 69.2 Å². The Labute approximate surface area is 175 Å². The zero-order valence-electron chi connectivity index (χ0n) is 17.8. The Bertz CT molecular complexity index is 788. The summed E-state index contributed by atoms with van der Waals surface area (Å²) in [6.45, 7) is 7.86. The molecule has 3 rings (SSSR count). The number of nitrogens with one attached hydrogen (secondary N) is 1. The molecular weight excluding hydrogens is 386 g/mol. The molecule has 0 radical (unpaired) electrons. The van der Waals surface area contributed by atoms with Crippen molar-refractivity contribution in [3.63, 3.8) is 0 Å². The molecule has 1 unspecified atom stereocenters. The number of hydrogen-bond acceptors (Lipinski definition) is 4. The van der Waals surface area contributed by atoms with Crippen molar-refractivity contribution < 1.29 is 13.2 Å². The topological polar surface area (TPSA) is 69.7 Å². The van der Waals surface area contributed by atoms with Gasteiger partial charge in [0, 0.05) is 37.3 Å². The van der Waals surface area contributed by atoms with Crippen LogP contribution in [0.25, 0.3) is 0 Å². The number of benzene rings is 1. The molecule has 2 heterocycles. The molecule has 0 aliphatic carbocycles. The van der Waals surface area contributed by atoms with E-state index in [0.29, 0.717) is 12.1 Å². The van der Waals surface area contributed by atoms with E-state index in [2.05, 4.69) is 17.1 Å². The van der Waals surface area contributed by atoms with Gasteiger partial charge in [-0.1, -0.05) is 25.8 Å². The molecule has 0 spiro atoms. The third kappa shape index (κ3) is 5.58. The monoisotopic (exact) mass is 421 g/mol. The van der Waals surface area contributed by atoms with Crippen LogP contribution >= 0.6 is 0 Å². The van der Waals surface area contributed by atoms with Crippen LogP contribution in [0, 0.1) is 0 Å². The number of nitrogens with zero attached hydrogens (tertiary/aromatic N) is 2. The molecule has 1 aromatic carbocycles. The van der Waals surface area contributed by atoms with Gasteiger partial charge in [-0.15, -0.1) is 0 Å². The van der Waals surface area contributed by atoms with Crippen LogP contribution < -0.4 is 5.32 Å². The van der Waals surface area contributed by atoms with Gasteiger partial charge in [0.1, 0.15) is 0 Å². The van der Waals surface area contributed by atoms with Crippen LogP contribution in [-0.2, 0) is 10.0 Å². The first-order valence-corrected chi connectivity index (χ1v) is 12.5. The van der Waals surface area contributed by atoms with Crippen molar-refractivity contribution in [3.05, 3.63) is 29.8 Å². The molecular formula is C22H35N3O3S. The lowest BCUT2D eigenvalue weighted by Crippen LogP contribution is -2.45. The van der Waals surface area contributed by atoms with E-state index in [1.54, 1.807) is 22.5 Å². The van der Waals surface area contributed by atoms with Crippen LogP contribution in [0.15, 0.2) is 29.2 Å². The first kappa shape index (κ1) is 22.2. The van der Waals surface area contributed by atoms with Crippen LogP contribution in [0.4, 0.5) is 0 Å². The molecule has 0 saturated carbocycles. The lowest BCUT2D eigenvalue weighted by molar-refractivity contribution is 0.0910. The first-order valence-electron chi connectivity index (χ1n) is 11.1. The number of unbranched alkanes of at least 4 members (excludes halogenated alkanes) is 1. The standard InChI is InChI=1S/C22H35N3O3S/c1-3-4-13-24-15-11-20(12-16-24)23-22(26)19-9-7-10-21(17-19)29(27,28)25-14-6-5-8-18(25)2/h7,9-10,17-18,20H,3-6,8,11-16H2,1-2H3,(H,23,26). The van der Waals surface area contributed by atoms with Gasteiger partial charge in [0.15, 0.2) is 0 Å². The van der Waals surface area contributed by atoms with Crippen molar-refractivity contribution in [2.75, 3.05) is 26.2 Å². The average molecular weight is 422 g/mol. The Morgan fingerprint density at radius 2 is 1.90 bits per heavy atom. The highest BCUT2D eigenvalue weighted by molar-refractivity contribution is 7.89. The zero-order valence-corrected chi connectivity index (χ0v) is 18.6. The van der Waals surface area contributed by atoms with Gasteiger partial charge < -0.3 is 10.2 Å². The summed E-state index contributed by atoms with van der Waals surface area (Å²) in [4.78, 5) is 15.4. The Kier molecular flexibility index (Phi) is 7.71. The Balaban J connectivity index is 1.63. The fourth-order valence-corrected chi connectivity index (χ4v) is 6.06. The highest BCUT2D eigenvalue weighted by Crippen LogP contribution is 2.25. The van der Waals surface area contributed by atoms with Gasteiger partial charge >= 0.3 is 0 Å². The Hall–Kier alpha value is -1.44. The average Bonchev–Trinajstić information content (AvgIpc) is 2.73. The minimum absolute atomic E-state index is 0.00382. The van der Waals surface area contributed by atoms with E-state index in [-0.39, 0.29) is 22.9 Å². The van der Waals surface area contributed by atoms with Crippen LogP contribution in [0.2, 0.25) is 0 Å². The number of carbonyl (C=O) groups is 1.